The topological polar surface area (TPSA) is 65.5 Å². The number of nitrogens with one attached hydrogen (secondary N) is 1. The van der Waals surface area contributed by atoms with Crippen LogP contribution in [-0.2, 0) is 9.59 Å². The standard InChI is InChI=1S/C25H32N4O2/c1-2-3-6-24(30)28-14-11-20(12-15-28)19-7-9-22(10-8-19)27-25(31)21-17-29(18-21)23-5-4-13-26-16-23/h4-5,7-10,13,16,20-21H,2-3,6,11-12,14-15,17-18H2,1H3,(H,27,31). The lowest BCUT2D eigenvalue weighted by molar-refractivity contribution is -0.132. The van der Waals surface area contributed by atoms with Gasteiger partial charge in [-0.05, 0) is 55.0 Å². The van der Waals surface area contributed by atoms with Crippen molar-refractivity contribution >= 4 is 23.2 Å². The van der Waals surface area contributed by atoms with Crippen LogP contribution in [0.5, 0.6) is 0 Å². The lowest BCUT2D eigenvalue weighted by Gasteiger charge is -2.39. The van der Waals surface area contributed by atoms with E-state index in [4.69, 9.17) is 0 Å². The number of unbranched alkanes of at least 4 members (excludes halogenated alkanes) is 1. The molecule has 1 N–H and O–H groups in total. The van der Waals surface area contributed by atoms with Crippen LogP contribution in [0.3, 0.4) is 0 Å². The average Bonchev–Trinajstić information content (AvgIpc) is 2.78. The van der Waals surface area contributed by atoms with Crippen molar-refractivity contribution in [3.05, 3.63) is 54.4 Å². The first-order chi connectivity index (χ1) is 15.1. The van der Waals surface area contributed by atoms with Gasteiger partial charge < -0.3 is 15.1 Å². The minimum atomic E-state index is 0.00875. The van der Waals surface area contributed by atoms with Gasteiger partial charge in [-0.3, -0.25) is 14.6 Å². The van der Waals surface area contributed by atoms with Gasteiger partial charge in [0.05, 0.1) is 17.8 Å². The maximum absolute atomic E-state index is 12.5. The molecule has 2 aromatic rings. The molecular formula is C25H32N4O2. The van der Waals surface area contributed by atoms with Crippen LogP contribution in [0.4, 0.5) is 11.4 Å². The highest BCUT2D eigenvalue weighted by Gasteiger charge is 2.33. The van der Waals surface area contributed by atoms with Crippen LogP contribution in [0.2, 0.25) is 0 Å². The summed E-state index contributed by atoms with van der Waals surface area (Å²) in [5.41, 5.74) is 3.21. The number of piperidine rings is 1. The molecule has 1 aromatic heterocycles. The number of nitrogens with zero attached hydrogens (tertiary/aromatic N) is 3. The maximum atomic E-state index is 12.5. The first-order valence-corrected chi connectivity index (χ1v) is 11.5. The highest BCUT2D eigenvalue weighted by atomic mass is 16.2. The van der Waals surface area contributed by atoms with Gasteiger partial charge in [-0.15, -0.1) is 0 Å². The van der Waals surface area contributed by atoms with Crippen LogP contribution >= 0.6 is 0 Å². The van der Waals surface area contributed by atoms with Crippen LogP contribution in [0.1, 0.15) is 50.5 Å². The Labute approximate surface area is 184 Å². The molecule has 0 bridgehead atoms. The van der Waals surface area contributed by atoms with Gasteiger partial charge in [-0.25, -0.2) is 0 Å². The Balaban J connectivity index is 1.23. The van der Waals surface area contributed by atoms with Gasteiger partial charge in [0.1, 0.15) is 0 Å². The first kappa shape index (κ1) is 21.3. The van der Waals surface area contributed by atoms with Gasteiger partial charge in [0.25, 0.3) is 0 Å². The summed E-state index contributed by atoms with van der Waals surface area (Å²) in [5.74, 6) is 0.873. The molecule has 2 saturated heterocycles. The van der Waals surface area contributed by atoms with E-state index in [1.807, 2.05) is 35.4 Å². The van der Waals surface area contributed by atoms with Crippen LogP contribution in [0.15, 0.2) is 48.8 Å². The molecule has 2 fully saturated rings. The van der Waals surface area contributed by atoms with Crippen molar-refractivity contribution in [1.29, 1.82) is 0 Å². The Morgan fingerprint density at radius 2 is 1.84 bits per heavy atom. The van der Waals surface area contributed by atoms with E-state index in [1.165, 1.54) is 5.56 Å². The number of aromatic nitrogens is 1. The van der Waals surface area contributed by atoms with Crippen LogP contribution in [-0.4, -0.2) is 47.9 Å². The molecule has 0 spiro atoms. The molecule has 2 aliphatic heterocycles. The zero-order valence-corrected chi connectivity index (χ0v) is 18.3. The van der Waals surface area contributed by atoms with E-state index in [2.05, 4.69) is 34.3 Å². The number of benzene rings is 1. The molecule has 0 atom stereocenters. The smallest absolute Gasteiger partial charge is 0.231 e. The number of likely N-dealkylation sites (tertiary alicyclic amines) is 1. The van der Waals surface area contributed by atoms with Crippen LogP contribution < -0.4 is 10.2 Å². The summed E-state index contributed by atoms with van der Waals surface area (Å²) < 4.78 is 0. The van der Waals surface area contributed by atoms with Crippen molar-refractivity contribution < 1.29 is 9.59 Å². The lowest BCUT2D eigenvalue weighted by atomic mass is 9.89. The number of hydrogen-bond acceptors (Lipinski definition) is 4. The fourth-order valence-electron chi connectivity index (χ4n) is 4.43. The van der Waals surface area contributed by atoms with Crippen molar-refractivity contribution in [2.45, 2.75) is 44.9 Å². The van der Waals surface area contributed by atoms with E-state index in [-0.39, 0.29) is 11.8 Å². The molecule has 0 radical (unpaired) electrons. The minimum absolute atomic E-state index is 0.00875. The minimum Gasteiger partial charge on any atom is -0.369 e. The Hall–Kier alpha value is -2.89. The summed E-state index contributed by atoms with van der Waals surface area (Å²) in [7, 11) is 0. The molecule has 0 aliphatic carbocycles. The third-order valence-electron chi connectivity index (χ3n) is 6.50. The first-order valence-electron chi connectivity index (χ1n) is 11.5. The van der Waals surface area contributed by atoms with Gasteiger partial charge in [0, 0.05) is 44.5 Å². The fraction of sp³-hybridized carbons (Fsp3) is 0.480. The summed E-state index contributed by atoms with van der Waals surface area (Å²) in [6.07, 6.45) is 8.33. The summed E-state index contributed by atoms with van der Waals surface area (Å²) in [5, 5.41) is 3.05. The summed E-state index contributed by atoms with van der Waals surface area (Å²) in [6.45, 7) is 5.27. The van der Waals surface area contributed by atoms with E-state index < -0.39 is 0 Å². The number of amides is 2. The van der Waals surface area contributed by atoms with Crippen molar-refractivity contribution in [2.24, 2.45) is 5.92 Å². The van der Waals surface area contributed by atoms with Crippen LogP contribution in [0.25, 0.3) is 0 Å². The Kier molecular flexibility index (Phi) is 6.85. The molecule has 0 unspecified atom stereocenters. The second-order valence-electron chi connectivity index (χ2n) is 8.68. The Morgan fingerprint density at radius 1 is 1.10 bits per heavy atom. The molecule has 31 heavy (non-hydrogen) atoms. The fourth-order valence-corrected chi connectivity index (χ4v) is 4.43. The second-order valence-corrected chi connectivity index (χ2v) is 8.68. The quantitative estimate of drug-likeness (QED) is 0.734. The predicted octanol–water partition coefficient (Wildman–Crippen LogP) is 4.05. The van der Waals surface area contributed by atoms with Crippen molar-refractivity contribution in [3.63, 3.8) is 0 Å². The predicted molar refractivity (Wildman–Crippen MR) is 123 cm³/mol. The molecular weight excluding hydrogens is 388 g/mol. The van der Waals surface area contributed by atoms with E-state index in [1.54, 1.807) is 6.20 Å². The normalized spacial score (nSPS) is 17.3. The van der Waals surface area contributed by atoms with Gasteiger partial charge in [0.2, 0.25) is 11.8 Å². The van der Waals surface area contributed by atoms with Crippen molar-refractivity contribution in [1.82, 2.24) is 9.88 Å². The molecule has 4 rings (SSSR count). The largest absolute Gasteiger partial charge is 0.369 e. The monoisotopic (exact) mass is 420 g/mol. The SMILES string of the molecule is CCCCC(=O)N1CCC(c2ccc(NC(=O)C3CN(c4cccnc4)C3)cc2)CC1. The molecule has 6 nitrogen and oxygen atoms in total. The third-order valence-corrected chi connectivity index (χ3v) is 6.50. The molecule has 0 saturated carbocycles. The third kappa shape index (κ3) is 5.24. The maximum Gasteiger partial charge on any atom is 0.231 e. The number of rotatable bonds is 7. The second kappa shape index (κ2) is 9.94. The van der Waals surface area contributed by atoms with E-state index >= 15 is 0 Å². The van der Waals surface area contributed by atoms with Gasteiger partial charge in [-0.2, -0.15) is 0 Å². The molecule has 164 valence electrons. The van der Waals surface area contributed by atoms with Gasteiger partial charge >= 0.3 is 0 Å². The van der Waals surface area contributed by atoms with Crippen LogP contribution in [0, 0.1) is 5.92 Å². The van der Waals surface area contributed by atoms with E-state index in [0.29, 0.717) is 18.2 Å². The number of pyridine rings is 1. The molecule has 2 amide bonds. The number of carbonyl (C=O) groups is 2. The van der Waals surface area contributed by atoms with E-state index in [0.717, 1.165) is 63.2 Å². The number of anilines is 2. The van der Waals surface area contributed by atoms with Gasteiger partial charge in [-0.1, -0.05) is 25.5 Å². The average molecular weight is 421 g/mol. The molecule has 6 heteroatoms. The van der Waals surface area contributed by atoms with Gasteiger partial charge in [0.15, 0.2) is 0 Å². The van der Waals surface area contributed by atoms with Crippen molar-refractivity contribution in [3.8, 4) is 0 Å². The summed E-state index contributed by atoms with van der Waals surface area (Å²) in [6, 6.07) is 12.2. The van der Waals surface area contributed by atoms with Crippen molar-refractivity contribution in [2.75, 3.05) is 36.4 Å². The lowest BCUT2D eigenvalue weighted by Crippen LogP contribution is -2.52. The molecule has 3 heterocycles. The summed E-state index contributed by atoms with van der Waals surface area (Å²) >= 11 is 0. The zero-order chi connectivity index (χ0) is 21.6. The number of hydrogen-bond donors (Lipinski definition) is 1. The summed E-state index contributed by atoms with van der Waals surface area (Å²) in [4.78, 5) is 33.1. The molecule has 2 aliphatic rings. The molecule has 1 aromatic carbocycles. The van der Waals surface area contributed by atoms with E-state index in [9.17, 15) is 9.59 Å². The Morgan fingerprint density at radius 3 is 2.48 bits per heavy atom. The zero-order valence-electron chi connectivity index (χ0n) is 18.3. The Bertz CT molecular complexity index is 870. The highest BCUT2D eigenvalue weighted by molar-refractivity contribution is 5.94. The highest BCUT2D eigenvalue weighted by Crippen LogP contribution is 2.30. The number of carbonyl (C=O) groups excluding carboxylic acids is 2.